The summed E-state index contributed by atoms with van der Waals surface area (Å²) in [6.45, 7) is -2.70. The largest absolute Gasteiger partial charge is 0.439 e. The molecule has 7 nitrogen and oxygen atoms in total. The zero-order valence-electron chi connectivity index (χ0n) is 11.9. The molecule has 1 heterocycles. The Kier molecular flexibility index (Phi) is 2.69. The molecule has 1 aromatic heterocycles. The summed E-state index contributed by atoms with van der Waals surface area (Å²) >= 11 is 5.98. The van der Waals surface area contributed by atoms with E-state index in [1.807, 2.05) is 0 Å². The maximum atomic E-state index is 11.1. The number of primary amides is 1. The van der Waals surface area contributed by atoms with Crippen molar-refractivity contribution >= 4 is 17.7 Å². The molecule has 0 aliphatic heterocycles. The van der Waals surface area contributed by atoms with Gasteiger partial charge in [-0.15, -0.1) is 10.2 Å². The summed E-state index contributed by atoms with van der Waals surface area (Å²) in [5, 5.41) is 10.3. The average Bonchev–Trinajstić information content (AvgIpc) is 2.92. The van der Waals surface area contributed by atoms with Crippen LogP contribution in [0.25, 0.3) is 0 Å². The first kappa shape index (κ1) is 8.87. The molecule has 2 aromatic rings. The third-order valence-corrected chi connectivity index (χ3v) is 2.20. The van der Waals surface area contributed by atoms with Gasteiger partial charge in [0.15, 0.2) is 12.4 Å². The number of hydrogen-bond donors (Lipinski definition) is 1. The Hall–Kier alpha value is -2.15. The van der Waals surface area contributed by atoms with Gasteiger partial charge in [-0.1, -0.05) is 29.8 Å². The molecule has 94 valence electrons. The van der Waals surface area contributed by atoms with E-state index in [-0.39, 0.29) is 10.6 Å². The molecule has 0 bridgehead atoms. The van der Waals surface area contributed by atoms with Gasteiger partial charge >= 0.3 is 6.09 Å². The van der Waals surface area contributed by atoms with E-state index < -0.39 is 18.7 Å². The number of aromatic nitrogens is 4. The number of halogens is 1. The Labute approximate surface area is 112 Å². The van der Waals surface area contributed by atoms with Crippen LogP contribution >= 0.6 is 11.6 Å². The third-order valence-electron chi connectivity index (χ3n) is 1.87. The number of carbonyl (C=O) groups is 1. The topological polar surface area (TPSA) is 95.9 Å². The number of benzene rings is 1. The predicted molar refractivity (Wildman–Crippen MR) is 62.7 cm³/mol. The van der Waals surface area contributed by atoms with Gasteiger partial charge in [0.1, 0.15) is 6.50 Å². The zero-order chi connectivity index (χ0) is 15.7. The van der Waals surface area contributed by atoms with Crippen molar-refractivity contribution < 1.29 is 13.6 Å². The zero-order valence-corrected chi connectivity index (χ0v) is 9.70. The van der Waals surface area contributed by atoms with Crippen molar-refractivity contribution in [1.29, 1.82) is 0 Å². The summed E-state index contributed by atoms with van der Waals surface area (Å²) in [5.41, 5.74) is 4.86. The normalized spacial score (nSPS) is 17.1. The van der Waals surface area contributed by atoms with Crippen molar-refractivity contribution in [3.8, 4) is 0 Å². The summed E-state index contributed by atoms with van der Waals surface area (Å²) in [7, 11) is 0. The standard InChI is InChI=1S/C10H10ClN5O2/c11-8-4-2-1-3-7(8)9(18-10(12)17)5-16-14-6-13-15-16/h1-4,6,9H,5H2,(H2,12,17)/t9-/m0/s1/i5D2,9D. The predicted octanol–water partition coefficient (Wildman–Crippen LogP) is 1.16. The minimum absolute atomic E-state index is 0.0257. The Morgan fingerprint density at radius 2 is 2.44 bits per heavy atom. The first-order valence-corrected chi connectivity index (χ1v) is 5.14. The lowest BCUT2D eigenvalue weighted by Gasteiger charge is -2.17. The lowest BCUT2D eigenvalue weighted by atomic mass is 10.1. The van der Waals surface area contributed by atoms with Gasteiger partial charge in [-0.05, 0) is 11.3 Å². The monoisotopic (exact) mass is 270 g/mol. The van der Waals surface area contributed by atoms with Crippen LogP contribution in [0.2, 0.25) is 5.02 Å². The van der Waals surface area contributed by atoms with Crippen molar-refractivity contribution in [2.24, 2.45) is 5.73 Å². The second kappa shape index (κ2) is 5.46. The number of rotatable bonds is 4. The fraction of sp³-hybridized carbons (Fsp3) is 0.200. The average molecular weight is 271 g/mol. The van der Waals surface area contributed by atoms with Gasteiger partial charge in [-0.3, -0.25) is 0 Å². The van der Waals surface area contributed by atoms with Gasteiger partial charge in [0, 0.05) is 10.6 Å². The van der Waals surface area contributed by atoms with Gasteiger partial charge in [0.25, 0.3) is 0 Å². The lowest BCUT2D eigenvalue weighted by molar-refractivity contribution is 0.0901. The van der Waals surface area contributed by atoms with E-state index in [0.29, 0.717) is 4.80 Å². The maximum absolute atomic E-state index is 11.1. The molecular formula is C10H10ClN5O2. The lowest BCUT2D eigenvalue weighted by Crippen LogP contribution is -2.22. The van der Waals surface area contributed by atoms with Crippen molar-refractivity contribution in [2.45, 2.75) is 12.6 Å². The van der Waals surface area contributed by atoms with Crippen LogP contribution in [0.5, 0.6) is 0 Å². The van der Waals surface area contributed by atoms with E-state index in [4.69, 9.17) is 26.2 Å². The van der Waals surface area contributed by atoms with Crippen LogP contribution in [-0.4, -0.2) is 26.3 Å². The van der Waals surface area contributed by atoms with E-state index in [0.717, 1.165) is 6.33 Å². The molecule has 2 N–H and O–H groups in total. The molecule has 0 spiro atoms. The highest BCUT2D eigenvalue weighted by molar-refractivity contribution is 6.31. The molecule has 0 radical (unpaired) electrons. The van der Waals surface area contributed by atoms with Crippen LogP contribution in [0.4, 0.5) is 4.79 Å². The van der Waals surface area contributed by atoms with Crippen molar-refractivity contribution in [1.82, 2.24) is 20.2 Å². The van der Waals surface area contributed by atoms with Crippen LogP contribution in [0.15, 0.2) is 30.6 Å². The number of ether oxygens (including phenoxy) is 1. The summed E-state index contributed by atoms with van der Waals surface area (Å²) < 4.78 is 29.1. The van der Waals surface area contributed by atoms with E-state index in [9.17, 15) is 4.79 Å². The van der Waals surface area contributed by atoms with E-state index >= 15 is 0 Å². The summed E-state index contributed by atoms with van der Waals surface area (Å²) in [6, 6.07) is 5.86. The molecule has 1 atom stereocenters. The second-order valence-corrected chi connectivity index (χ2v) is 3.47. The van der Waals surface area contributed by atoms with Crippen molar-refractivity contribution in [3.63, 3.8) is 0 Å². The molecule has 1 amide bonds. The fourth-order valence-corrected chi connectivity index (χ4v) is 1.41. The molecule has 0 unspecified atom stereocenters. The molecule has 0 saturated heterocycles. The quantitative estimate of drug-likeness (QED) is 0.899. The third kappa shape index (κ3) is 2.95. The molecule has 2 rings (SSSR count). The molecule has 0 saturated carbocycles. The Balaban J connectivity index is 2.63. The molecule has 1 aromatic carbocycles. The second-order valence-electron chi connectivity index (χ2n) is 3.07. The molecule has 0 fully saturated rings. The maximum Gasteiger partial charge on any atom is 0.405 e. The highest BCUT2D eigenvalue weighted by atomic mass is 35.5. The van der Waals surface area contributed by atoms with Crippen LogP contribution in [0.1, 0.15) is 15.8 Å². The summed E-state index contributed by atoms with van der Waals surface area (Å²) in [5.74, 6) is 0. The molecule has 0 aliphatic carbocycles. The molecular weight excluding hydrogens is 258 g/mol. The van der Waals surface area contributed by atoms with Gasteiger partial charge < -0.3 is 10.5 Å². The minimum Gasteiger partial charge on any atom is -0.439 e. The van der Waals surface area contributed by atoms with E-state index in [2.05, 4.69) is 15.4 Å². The smallest absolute Gasteiger partial charge is 0.405 e. The van der Waals surface area contributed by atoms with Crippen LogP contribution in [-0.2, 0) is 11.2 Å². The first-order valence-electron chi connectivity index (χ1n) is 6.26. The van der Waals surface area contributed by atoms with Gasteiger partial charge in [0.05, 0.1) is 4.11 Å². The fourth-order valence-electron chi connectivity index (χ4n) is 1.19. The number of hydrogen-bond acceptors (Lipinski definition) is 5. The number of nitrogens with zero attached hydrogens (tertiary/aromatic N) is 4. The van der Waals surface area contributed by atoms with Crippen LogP contribution in [0.3, 0.4) is 0 Å². The Morgan fingerprint density at radius 3 is 3.06 bits per heavy atom. The van der Waals surface area contributed by atoms with Gasteiger partial charge in [-0.2, -0.15) is 4.80 Å². The van der Waals surface area contributed by atoms with Crippen LogP contribution < -0.4 is 5.73 Å². The highest BCUT2D eigenvalue weighted by Gasteiger charge is 2.19. The molecule has 0 aliphatic rings. The SMILES string of the molecule is [2H]C([2H])(n1ncnn1)[C@]([2H])(OC(N)=O)c1ccccc1Cl. The first-order chi connectivity index (χ1) is 9.79. The number of tetrazole rings is 1. The van der Waals surface area contributed by atoms with E-state index in [1.165, 1.54) is 18.2 Å². The Bertz CT molecular complexity index is 654. The highest BCUT2D eigenvalue weighted by Crippen LogP contribution is 2.26. The van der Waals surface area contributed by atoms with E-state index in [1.54, 1.807) is 6.07 Å². The number of nitrogens with two attached hydrogens (primary N) is 1. The van der Waals surface area contributed by atoms with Gasteiger partial charge in [0.2, 0.25) is 0 Å². The minimum atomic E-state index is -2.70. The number of amides is 1. The Morgan fingerprint density at radius 1 is 1.67 bits per heavy atom. The molecule has 8 heteroatoms. The molecule has 18 heavy (non-hydrogen) atoms. The summed E-state index contributed by atoms with van der Waals surface area (Å²) in [4.78, 5) is 11.6. The van der Waals surface area contributed by atoms with Crippen molar-refractivity contribution in [2.75, 3.05) is 0 Å². The van der Waals surface area contributed by atoms with Crippen molar-refractivity contribution in [3.05, 3.63) is 41.2 Å². The number of carbonyl (C=O) groups excluding carboxylic acids is 1. The summed E-state index contributed by atoms with van der Waals surface area (Å²) in [6.07, 6.45) is -2.96. The van der Waals surface area contributed by atoms with Gasteiger partial charge in [-0.25, -0.2) is 4.79 Å². The van der Waals surface area contributed by atoms with Crippen LogP contribution in [0, 0.1) is 0 Å².